The third kappa shape index (κ3) is 2.53. The number of aryl methyl sites for hydroxylation is 2. The molecule has 114 valence electrons. The normalized spacial score (nSPS) is 11.2. The van der Waals surface area contributed by atoms with E-state index < -0.39 is 0 Å². The number of H-pyrrole nitrogens is 1. The van der Waals surface area contributed by atoms with Crippen LogP contribution in [0.15, 0.2) is 35.3 Å². The lowest BCUT2D eigenvalue weighted by Gasteiger charge is -2.05. The van der Waals surface area contributed by atoms with Gasteiger partial charge in [-0.05, 0) is 49.6 Å². The van der Waals surface area contributed by atoms with Crippen molar-refractivity contribution in [2.45, 2.75) is 19.8 Å². The first kappa shape index (κ1) is 14.8. The van der Waals surface area contributed by atoms with E-state index in [2.05, 4.69) is 10.1 Å². The first-order valence-electron chi connectivity index (χ1n) is 7.08. The van der Waals surface area contributed by atoms with Gasteiger partial charge < -0.3 is 5.11 Å². The fourth-order valence-electron chi connectivity index (χ4n) is 2.55. The van der Waals surface area contributed by atoms with E-state index in [1.165, 1.54) is 4.68 Å². The Kier molecular flexibility index (Phi) is 4.00. The molecule has 0 spiro atoms. The van der Waals surface area contributed by atoms with Gasteiger partial charge in [0, 0.05) is 23.5 Å². The van der Waals surface area contributed by atoms with E-state index in [4.69, 9.17) is 16.7 Å². The molecular formula is C16H16ClN3O2. The number of benzene rings is 1. The fourth-order valence-corrected chi connectivity index (χ4v) is 2.68. The molecule has 0 atom stereocenters. The zero-order valence-corrected chi connectivity index (χ0v) is 12.9. The number of pyridine rings is 1. The Morgan fingerprint density at radius 3 is 2.73 bits per heavy atom. The fraction of sp³-hybridized carbons (Fsp3) is 0.250. The highest BCUT2D eigenvalue weighted by Gasteiger charge is 2.14. The minimum atomic E-state index is -0.143. The number of hydrogen-bond donors (Lipinski definition) is 2. The maximum Gasteiger partial charge on any atom is 0.280 e. The van der Waals surface area contributed by atoms with Crippen LogP contribution in [0.2, 0.25) is 5.02 Å². The van der Waals surface area contributed by atoms with Gasteiger partial charge in [-0.2, -0.15) is 0 Å². The molecule has 2 aromatic heterocycles. The number of nitrogens with one attached hydrogen (secondary N) is 1. The second kappa shape index (κ2) is 5.94. The monoisotopic (exact) mass is 317 g/mol. The molecule has 0 saturated heterocycles. The molecule has 3 rings (SSSR count). The largest absolute Gasteiger partial charge is 0.396 e. The zero-order valence-electron chi connectivity index (χ0n) is 12.1. The SMILES string of the molecule is Cc1ncc2c(=O)n(-c3ccc(Cl)cc3)[nH]c2c1CCCO. The third-order valence-corrected chi connectivity index (χ3v) is 3.97. The Hall–Kier alpha value is -2.11. The summed E-state index contributed by atoms with van der Waals surface area (Å²) in [4.78, 5) is 16.9. The van der Waals surface area contributed by atoms with Gasteiger partial charge in [0.25, 0.3) is 5.56 Å². The van der Waals surface area contributed by atoms with Crippen molar-refractivity contribution in [2.24, 2.45) is 0 Å². The number of rotatable bonds is 4. The van der Waals surface area contributed by atoms with Gasteiger partial charge >= 0.3 is 0 Å². The minimum Gasteiger partial charge on any atom is -0.396 e. The maximum absolute atomic E-state index is 12.6. The van der Waals surface area contributed by atoms with Gasteiger partial charge in [-0.3, -0.25) is 14.9 Å². The molecule has 0 aliphatic carbocycles. The van der Waals surface area contributed by atoms with Crippen molar-refractivity contribution in [3.05, 3.63) is 57.1 Å². The van der Waals surface area contributed by atoms with E-state index in [0.29, 0.717) is 23.3 Å². The number of aliphatic hydroxyl groups excluding tert-OH is 1. The van der Waals surface area contributed by atoms with Crippen LogP contribution in [0.5, 0.6) is 0 Å². The van der Waals surface area contributed by atoms with Gasteiger partial charge in [0.15, 0.2) is 0 Å². The Labute approximate surface area is 132 Å². The summed E-state index contributed by atoms with van der Waals surface area (Å²) in [7, 11) is 0. The first-order chi connectivity index (χ1) is 10.6. The predicted molar refractivity (Wildman–Crippen MR) is 86.8 cm³/mol. The molecule has 22 heavy (non-hydrogen) atoms. The second-order valence-corrected chi connectivity index (χ2v) is 5.60. The van der Waals surface area contributed by atoms with Gasteiger partial charge in [0.1, 0.15) is 0 Å². The molecule has 1 aromatic carbocycles. The Bertz CT molecular complexity index is 865. The highest BCUT2D eigenvalue weighted by Crippen LogP contribution is 2.19. The molecule has 6 heteroatoms. The van der Waals surface area contributed by atoms with Gasteiger partial charge in [-0.1, -0.05) is 11.6 Å². The number of nitrogens with zero attached hydrogens (tertiary/aromatic N) is 2. The minimum absolute atomic E-state index is 0.109. The first-order valence-corrected chi connectivity index (χ1v) is 7.45. The Morgan fingerprint density at radius 1 is 1.32 bits per heavy atom. The average molecular weight is 318 g/mol. The van der Waals surface area contributed by atoms with E-state index >= 15 is 0 Å². The van der Waals surface area contributed by atoms with E-state index in [1.807, 2.05) is 6.92 Å². The number of aromatic nitrogens is 3. The van der Waals surface area contributed by atoms with Crippen LogP contribution in [0, 0.1) is 6.92 Å². The lowest BCUT2D eigenvalue weighted by Crippen LogP contribution is -2.14. The molecule has 2 N–H and O–H groups in total. The molecule has 0 aliphatic heterocycles. The van der Waals surface area contributed by atoms with Gasteiger partial charge in [-0.25, -0.2) is 4.68 Å². The van der Waals surface area contributed by atoms with E-state index in [-0.39, 0.29) is 12.2 Å². The van der Waals surface area contributed by atoms with Crippen molar-refractivity contribution in [3.63, 3.8) is 0 Å². The van der Waals surface area contributed by atoms with Crippen LogP contribution in [0.25, 0.3) is 16.6 Å². The van der Waals surface area contributed by atoms with Crippen molar-refractivity contribution < 1.29 is 5.11 Å². The average Bonchev–Trinajstić information content (AvgIpc) is 2.84. The molecule has 0 fully saturated rings. The quantitative estimate of drug-likeness (QED) is 0.777. The predicted octanol–water partition coefficient (Wildman–Crippen LogP) is 2.60. The van der Waals surface area contributed by atoms with Crippen LogP contribution >= 0.6 is 11.6 Å². The van der Waals surface area contributed by atoms with Gasteiger partial charge in [0.05, 0.1) is 16.6 Å². The lowest BCUT2D eigenvalue weighted by atomic mass is 10.1. The van der Waals surface area contributed by atoms with Crippen LogP contribution in [0.1, 0.15) is 17.7 Å². The molecule has 0 radical (unpaired) electrons. The second-order valence-electron chi connectivity index (χ2n) is 5.17. The van der Waals surface area contributed by atoms with Gasteiger partial charge in [-0.15, -0.1) is 0 Å². The molecule has 0 amide bonds. The smallest absolute Gasteiger partial charge is 0.280 e. The summed E-state index contributed by atoms with van der Waals surface area (Å²) in [6.07, 6.45) is 2.90. The number of fused-ring (bicyclic) bond motifs is 1. The molecule has 0 unspecified atom stereocenters. The van der Waals surface area contributed by atoms with Gasteiger partial charge in [0.2, 0.25) is 0 Å². The summed E-state index contributed by atoms with van der Waals surface area (Å²) in [5.74, 6) is 0. The van der Waals surface area contributed by atoms with E-state index in [9.17, 15) is 4.79 Å². The molecule has 5 nitrogen and oxygen atoms in total. The van der Waals surface area contributed by atoms with Crippen molar-refractivity contribution in [1.82, 2.24) is 14.8 Å². The Morgan fingerprint density at radius 2 is 2.05 bits per heavy atom. The highest BCUT2D eigenvalue weighted by atomic mass is 35.5. The number of halogens is 1. The van der Waals surface area contributed by atoms with Crippen molar-refractivity contribution in [3.8, 4) is 5.69 Å². The molecule has 0 saturated carbocycles. The molecular weight excluding hydrogens is 302 g/mol. The van der Waals surface area contributed by atoms with Crippen molar-refractivity contribution in [1.29, 1.82) is 0 Å². The van der Waals surface area contributed by atoms with Crippen LogP contribution in [-0.2, 0) is 6.42 Å². The van der Waals surface area contributed by atoms with Crippen LogP contribution < -0.4 is 5.56 Å². The summed E-state index contributed by atoms with van der Waals surface area (Å²) in [6, 6.07) is 7.05. The molecule has 0 aliphatic rings. The molecule has 3 aromatic rings. The van der Waals surface area contributed by atoms with E-state index in [0.717, 1.165) is 22.5 Å². The zero-order chi connectivity index (χ0) is 15.7. The summed E-state index contributed by atoms with van der Waals surface area (Å²) in [6.45, 7) is 2.02. The maximum atomic E-state index is 12.6. The Balaban J connectivity index is 2.20. The van der Waals surface area contributed by atoms with Crippen LogP contribution in [-0.4, -0.2) is 26.5 Å². The summed E-state index contributed by atoms with van der Waals surface area (Å²) >= 11 is 5.89. The number of aromatic amines is 1. The number of aliphatic hydroxyl groups is 1. The van der Waals surface area contributed by atoms with E-state index in [1.54, 1.807) is 30.5 Å². The topological polar surface area (TPSA) is 70.9 Å². The summed E-state index contributed by atoms with van der Waals surface area (Å²) < 4.78 is 1.49. The standard InChI is InChI=1S/C16H16ClN3O2/c1-10-13(3-2-8-21)15-14(9-18-10)16(22)20(19-15)12-6-4-11(17)5-7-12/h4-7,9,19,21H,2-3,8H2,1H3. The highest BCUT2D eigenvalue weighted by molar-refractivity contribution is 6.30. The van der Waals surface area contributed by atoms with Crippen molar-refractivity contribution >= 4 is 22.5 Å². The molecule has 0 bridgehead atoms. The summed E-state index contributed by atoms with van der Waals surface area (Å²) in [5, 5.41) is 13.4. The third-order valence-electron chi connectivity index (χ3n) is 3.72. The van der Waals surface area contributed by atoms with Crippen molar-refractivity contribution in [2.75, 3.05) is 6.61 Å². The summed E-state index contributed by atoms with van der Waals surface area (Å²) in [5.41, 5.74) is 3.19. The lowest BCUT2D eigenvalue weighted by molar-refractivity contribution is 0.288. The molecule has 2 heterocycles. The van der Waals surface area contributed by atoms with Crippen LogP contribution in [0.3, 0.4) is 0 Å². The number of hydrogen-bond acceptors (Lipinski definition) is 3. The van der Waals surface area contributed by atoms with Crippen LogP contribution in [0.4, 0.5) is 0 Å².